The predicted octanol–water partition coefficient (Wildman–Crippen LogP) is 5.65. The van der Waals surface area contributed by atoms with Crippen molar-refractivity contribution in [1.82, 2.24) is 15.4 Å². The molecule has 0 spiro atoms. The van der Waals surface area contributed by atoms with Crippen molar-refractivity contribution in [1.29, 1.82) is 0 Å². The summed E-state index contributed by atoms with van der Waals surface area (Å²) in [4.78, 5) is 0. The molecule has 1 aliphatic carbocycles. The molecule has 3 rings (SSSR count). The van der Waals surface area contributed by atoms with Gasteiger partial charge in [-0.3, -0.25) is 0 Å². The van der Waals surface area contributed by atoms with Gasteiger partial charge >= 0.3 is 0 Å². The fourth-order valence-corrected chi connectivity index (χ4v) is 4.00. The first-order valence-electron chi connectivity index (χ1n) is 9.16. The molecule has 1 heterocycles. The normalized spacial score (nSPS) is 19.7. The van der Waals surface area contributed by atoms with Crippen molar-refractivity contribution in [2.45, 2.75) is 83.5 Å². The molecule has 120 valence electrons. The predicted molar refractivity (Wildman–Crippen MR) is 92.2 cm³/mol. The third-order valence-electron chi connectivity index (χ3n) is 5.26. The molecule has 1 aromatic carbocycles. The Kier molecular flexibility index (Phi) is 5.47. The van der Waals surface area contributed by atoms with Crippen LogP contribution in [0.25, 0.3) is 11.0 Å². The lowest BCUT2D eigenvalue weighted by Gasteiger charge is -2.20. The third-order valence-corrected chi connectivity index (χ3v) is 5.26. The molecule has 1 fully saturated rings. The maximum Gasteiger partial charge on any atom is 0.116 e. The Morgan fingerprint density at radius 3 is 2.05 bits per heavy atom. The molecule has 0 amide bonds. The number of hydrogen-bond acceptors (Lipinski definition) is 2. The minimum atomic E-state index is 0.660. The highest BCUT2D eigenvalue weighted by Crippen LogP contribution is 2.34. The Balaban J connectivity index is 1.81. The average Bonchev–Trinajstić information content (AvgIpc) is 2.97. The van der Waals surface area contributed by atoms with Gasteiger partial charge in [-0.2, -0.15) is 15.4 Å². The second-order valence-corrected chi connectivity index (χ2v) is 6.94. The molecule has 3 nitrogen and oxygen atoms in total. The van der Waals surface area contributed by atoms with Crippen LogP contribution in [0.5, 0.6) is 0 Å². The Labute approximate surface area is 133 Å². The van der Waals surface area contributed by atoms with Gasteiger partial charge in [-0.15, -0.1) is 0 Å². The summed E-state index contributed by atoms with van der Waals surface area (Å²) >= 11 is 0. The molecule has 0 saturated heterocycles. The molecule has 0 bridgehead atoms. The number of aromatic nitrogens is 3. The molecular weight excluding hydrogens is 270 g/mol. The van der Waals surface area contributed by atoms with Gasteiger partial charge in [0, 0.05) is 0 Å². The first kappa shape index (κ1) is 15.5. The number of rotatable bonds is 1. The summed E-state index contributed by atoms with van der Waals surface area (Å²) in [5.41, 5.74) is 4.98. The lowest BCUT2D eigenvalue weighted by atomic mass is 9.84. The van der Waals surface area contributed by atoms with Crippen LogP contribution in [0, 0.1) is 6.92 Å². The lowest BCUT2D eigenvalue weighted by Crippen LogP contribution is -2.04. The second kappa shape index (κ2) is 7.75. The van der Waals surface area contributed by atoms with Crippen molar-refractivity contribution in [2.75, 3.05) is 0 Å². The maximum atomic E-state index is 4.45. The molecule has 1 saturated carbocycles. The van der Waals surface area contributed by atoms with Crippen LogP contribution in [0.15, 0.2) is 12.1 Å². The van der Waals surface area contributed by atoms with Crippen molar-refractivity contribution in [3.05, 3.63) is 23.3 Å². The molecule has 0 radical (unpaired) electrons. The topological polar surface area (TPSA) is 41.6 Å². The summed E-state index contributed by atoms with van der Waals surface area (Å²) in [6, 6.07) is 4.31. The molecule has 1 aliphatic rings. The van der Waals surface area contributed by atoms with Gasteiger partial charge in [0.25, 0.3) is 0 Å². The van der Waals surface area contributed by atoms with E-state index in [2.05, 4.69) is 34.5 Å². The number of hydrogen-bond donors (Lipinski definition) is 1. The molecule has 2 aromatic rings. The number of nitrogens with one attached hydrogen (secondary N) is 1. The van der Waals surface area contributed by atoms with Gasteiger partial charge in [-0.1, -0.05) is 63.9 Å². The molecule has 0 unspecified atom stereocenters. The zero-order valence-electron chi connectivity index (χ0n) is 13.9. The Morgan fingerprint density at radius 1 is 0.818 bits per heavy atom. The fraction of sp³-hybridized carbons (Fsp3) is 0.684. The van der Waals surface area contributed by atoms with E-state index in [1.807, 2.05) is 0 Å². The van der Waals surface area contributed by atoms with Crippen molar-refractivity contribution in [3.8, 4) is 0 Å². The van der Waals surface area contributed by atoms with Gasteiger partial charge < -0.3 is 0 Å². The van der Waals surface area contributed by atoms with E-state index in [-0.39, 0.29) is 0 Å². The zero-order valence-corrected chi connectivity index (χ0v) is 13.9. The van der Waals surface area contributed by atoms with Crippen LogP contribution < -0.4 is 0 Å². The van der Waals surface area contributed by atoms with Gasteiger partial charge in [0.15, 0.2) is 0 Å². The molecule has 1 aromatic heterocycles. The summed E-state index contributed by atoms with van der Waals surface area (Å²) in [6.07, 6.45) is 15.3. The van der Waals surface area contributed by atoms with Crippen molar-refractivity contribution >= 4 is 11.0 Å². The van der Waals surface area contributed by atoms with Gasteiger partial charge in [-0.05, 0) is 42.9 Å². The van der Waals surface area contributed by atoms with Gasteiger partial charge in [0.2, 0.25) is 0 Å². The largest absolute Gasteiger partial charge is 0.197 e. The minimum Gasteiger partial charge on any atom is -0.197 e. The number of nitrogens with zero attached hydrogens (tertiary/aromatic N) is 2. The van der Waals surface area contributed by atoms with E-state index in [1.54, 1.807) is 0 Å². The fourth-order valence-electron chi connectivity index (χ4n) is 4.00. The molecule has 22 heavy (non-hydrogen) atoms. The summed E-state index contributed by atoms with van der Waals surface area (Å²) in [7, 11) is 0. The van der Waals surface area contributed by atoms with Crippen LogP contribution in [0.1, 0.15) is 87.7 Å². The molecular formula is C19H29N3. The van der Waals surface area contributed by atoms with E-state index in [1.165, 1.54) is 81.8 Å². The average molecular weight is 299 g/mol. The summed E-state index contributed by atoms with van der Waals surface area (Å²) < 4.78 is 0. The molecule has 0 aliphatic heterocycles. The Bertz CT molecular complexity index is 575. The van der Waals surface area contributed by atoms with Gasteiger partial charge in [-0.25, -0.2) is 0 Å². The van der Waals surface area contributed by atoms with Crippen molar-refractivity contribution in [3.63, 3.8) is 0 Å². The van der Waals surface area contributed by atoms with E-state index in [4.69, 9.17) is 0 Å². The molecule has 1 N–H and O–H groups in total. The number of H-pyrrole nitrogens is 1. The number of fused-ring (bicyclic) bond motifs is 1. The monoisotopic (exact) mass is 299 g/mol. The second-order valence-electron chi connectivity index (χ2n) is 6.94. The minimum absolute atomic E-state index is 0.660. The molecule has 0 atom stereocenters. The van der Waals surface area contributed by atoms with Gasteiger partial charge in [0.05, 0.1) is 0 Å². The highest BCUT2D eigenvalue weighted by Gasteiger charge is 2.19. The quantitative estimate of drug-likeness (QED) is 0.738. The van der Waals surface area contributed by atoms with Crippen LogP contribution in [0.3, 0.4) is 0 Å². The third kappa shape index (κ3) is 3.68. The smallest absolute Gasteiger partial charge is 0.116 e. The van der Waals surface area contributed by atoms with Crippen molar-refractivity contribution < 1.29 is 0 Å². The number of aryl methyl sites for hydroxylation is 1. The van der Waals surface area contributed by atoms with Crippen LogP contribution >= 0.6 is 0 Å². The van der Waals surface area contributed by atoms with E-state index in [0.29, 0.717) is 5.92 Å². The summed E-state index contributed by atoms with van der Waals surface area (Å²) in [5, 5.41) is 11.5. The Morgan fingerprint density at radius 2 is 1.41 bits per heavy atom. The molecule has 3 heteroatoms. The van der Waals surface area contributed by atoms with Crippen molar-refractivity contribution in [2.24, 2.45) is 0 Å². The van der Waals surface area contributed by atoms with Gasteiger partial charge in [0.1, 0.15) is 11.0 Å². The zero-order chi connectivity index (χ0) is 15.2. The lowest BCUT2D eigenvalue weighted by molar-refractivity contribution is 0.467. The first-order chi connectivity index (χ1) is 10.9. The van der Waals surface area contributed by atoms with Crippen LogP contribution in [-0.2, 0) is 0 Å². The SMILES string of the molecule is Cc1ccc2n[nH]nc2c1C1CCCCCCCCCCC1. The summed E-state index contributed by atoms with van der Waals surface area (Å²) in [6.45, 7) is 2.24. The van der Waals surface area contributed by atoms with E-state index < -0.39 is 0 Å². The number of aromatic amines is 1. The van der Waals surface area contributed by atoms with Crippen LogP contribution in [-0.4, -0.2) is 15.4 Å². The summed E-state index contributed by atoms with van der Waals surface area (Å²) in [5.74, 6) is 0.660. The standard InChI is InChI=1S/C19H29N3/c1-15-13-14-17-19(21-22-20-17)18(15)16-11-9-7-5-3-2-4-6-8-10-12-16/h13-14,16H,2-12H2,1H3,(H,20,21,22). The first-order valence-corrected chi connectivity index (χ1v) is 9.16. The number of benzene rings is 1. The highest BCUT2D eigenvalue weighted by molar-refractivity contribution is 5.79. The van der Waals surface area contributed by atoms with E-state index in [0.717, 1.165) is 11.0 Å². The Hall–Kier alpha value is -1.38. The van der Waals surface area contributed by atoms with Crippen LogP contribution in [0.4, 0.5) is 0 Å². The maximum absolute atomic E-state index is 4.45. The highest BCUT2D eigenvalue weighted by atomic mass is 15.3. The van der Waals surface area contributed by atoms with E-state index >= 15 is 0 Å². The van der Waals surface area contributed by atoms with E-state index in [9.17, 15) is 0 Å². The van der Waals surface area contributed by atoms with Crippen LogP contribution in [0.2, 0.25) is 0 Å².